The molecule has 2 N–H and O–H groups in total. The molecule has 2 rings (SSSR count). The Kier molecular flexibility index (Phi) is 3.92. The molecule has 1 heterocycles. The molecule has 0 unspecified atom stereocenters. The van der Waals surface area contributed by atoms with Gasteiger partial charge >= 0.3 is 6.18 Å². The zero-order valence-electron chi connectivity index (χ0n) is 10.6. The van der Waals surface area contributed by atoms with Crippen molar-refractivity contribution in [2.45, 2.75) is 6.18 Å². The average Bonchev–Trinajstić information content (AvgIpc) is 2.42. The van der Waals surface area contributed by atoms with Gasteiger partial charge in [-0.2, -0.15) is 18.2 Å². The summed E-state index contributed by atoms with van der Waals surface area (Å²) in [7, 11) is 1.32. The molecular formula is C12H9F5N4. The maximum atomic E-state index is 13.5. The van der Waals surface area contributed by atoms with E-state index in [1.54, 1.807) is 0 Å². The molecule has 0 aliphatic carbocycles. The van der Waals surface area contributed by atoms with E-state index >= 15 is 0 Å². The Morgan fingerprint density at radius 2 is 1.67 bits per heavy atom. The van der Waals surface area contributed by atoms with E-state index in [2.05, 4.69) is 20.6 Å². The van der Waals surface area contributed by atoms with Crippen LogP contribution in [-0.4, -0.2) is 17.0 Å². The van der Waals surface area contributed by atoms with E-state index in [1.807, 2.05) is 0 Å². The maximum Gasteiger partial charge on any atom is 0.433 e. The fourth-order valence-corrected chi connectivity index (χ4v) is 1.51. The third kappa shape index (κ3) is 3.36. The second kappa shape index (κ2) is 5.51. The molecule has 0 bridgehead atoms. The molecule has 0 fully saturated rings. The molecule has 9 heteroatoms. The summed E-state index contributed by atoms with van der Waals surface area (Å²) in [5.74, 6) is -2.61. The molecular weight excluding hydrogens is 295 g/mol. The predicted molar refractivity (Wildman–Crippen MR) is 66.2 cm³/mol. The van der Waals surface area contributed by atoms with Crippen LogP contribution in [0.5, 0.6) is 0 Å². The molecule has 1 aromatic heterocycles. The fourth-order valence-electron chi connectivity index (χ4n) is 1.51. The lowest BCUT2D eigenvalue weighted by Crippen LogP contribution is -2.12. The molecule has 0 spiro atoms. The highest BCUT2D eigenvalue weighted by Gasteiger charge is 2.33. The van der Waals surface area contributed by atoms with Crippen molar-refractivity contribution in [2.24, 2.45) is 0 Å². The predicted octanol–water partition coefficient (Wildman–Crippen LogP) is 3.56. The van der Waals surface area contributed by atoms with Gasteiger partial charge in [0.1, 0.15) is 23.1 Å². The van der Waals surface area contributed by atoms with Gasteiger partial charge in [0.25, 0.3) is 0 Å². The van der Waals surface area contributed by atoms with Crippen molar-refractivity contribution in [3.63, 3.8) is 0 Å². The van der Waals surface area contributed by atoms with Crippen LogP contribution < -0.4 is 10.6 Å². The first kappa shape index (κ1) is 14.9. The third-order valence-corrected chi connectivity index (χ3v) is 2.46. The van der Waals surface area contributed by atoms with E-state index in [0.29, 0.717) is 6.07 Å². The van der Waals surface area contributed by atoms with E-state index in [0.717, 1.165) is 18.2 Å². The van der Waals surface area contributed by atoms with Crippen LogP contribution >= 0.6 is 0 Å². The van der Waals surface area contributed by atoms with Crippen LogP contribution in [0.1, 0.15) is 5.69 Å². The van der Waals surface area contributed by atoms with E-state index in [9.17, 15) is 22.0 Å². The van der Waals surface area contributed by atoms with Gasteiger partial charge in [-0.25, -0.2) is 13.8 Å². The van der Waals surface area contributed by atoms with Crippen LogP contribution in [0, 0.1) is 11.6 Å². The van der Waals surface area contributed by atoms with E-state index in [1.165, 1.54) is 7.05 Å². The number of alkyl halides is 3. The van der Waals surface area contributed by atoms with Gasteiger partial charge in [-0.05, 0) is 12.1 Å². The first-order valence-electron chi connectivity index (χ1n) is 5.66. The van der Waals surface area contributed by atoms with Gasteiger partial charge in [-0.3, -0.25) is 0 Å². The fraction of sp³-hybridized carbons (Fsp3) is 0.167. The number of benzene rings is 1. The largest absolute Gasteiger partial charge is 0.433 e. The van der Waals surface area contributed by atoms with Crippen molar-refractivity contribution < 1.29 is 22.0 Å². The molecule has 0 saturated heterocycles. The number of halogens is 5. The number of para-hydroxylation sites is 1. The summed E-state index contributed by atoms with van der Waals surface area (Å²) in [6, 6.07) is 3.63. The van der Waals surface area contributed by atoms with Crippen molar-refractivity contribution in [2.75, 3.05) is 17.7 Å². The van der Waals surface area contributed by atoms with Crippen LogP contribution in [0.25, 0.3) is 0 Å². The summed E-state index contributed by atoms with van der Waals surface area (Å²) in [5.41, 5.74) is -1.83. The molecule has 0 amide bonds. The minimum Gasteiger partial charge on any atom is -0.357 e. The van der Waals surface area contributed by atoms with Gasteiger partial charge in [-0.15, -0.1) is 0 Å². The van der Waals surface area contributed by atoms with Crippen molar-refractivity contribution in [3.05, 3.63) is 41.6 Å². The summed E-state index contributed by atoms with van der Waals surface area (Å²) < 4.78 is 65.0. The van der Waals surface area contributed by atoms with Crippen LogP contribution in [0.15, 0.2) is 24.3 Å². The molecule has 0 aliphatic rings. The van der Waals surface area contributed by atoms with Gasteiger partial charge < -0.3 is 10.6 Å². The molecule has 0 aliphatic heterocycles. The van der Waals surface area contributed by atoms with Gasteiger partial charge in [0, 0.05) is 13.1 Å². The normalized spacial score (nSPS) is 11.3. The number of anilines is 3. The Labute approximate surface area is 116 Å². The number of hydrogen-bond acceptors (Lipinski definition) is 4. The summed E-state index contributed by atoms with van der Waals surface area (Å²) in [5, 5.41) is 4.53. The van der Waals surface area contributed by atoms with Crippen molar-refractivity contribution >= 4 is 17.5 Å². The summed E-state index contributed by atoms with van der Waals surface area (Å²) in [4.78, 5) is 6.91. The Hall–Kier alpha value is -2.45. The third-order valence-electron chi connectivity index (χ3n) is 2.46. The standard InChI is InChI=1S/C12H9F5N4/c1-18-11-19-8(12(15,16)17)5-9(21-11)20-10-6(13)3-2-4-7(10)14/h2-5H,1H3,(H2,18,19,20,21). The van der Waals surface area contributed by atoms with Crippen LogP contribution in [0.4, 0.5) is 39.4 Å². The highest BCUT2D eigenvalue weighted by atomic mass is 19.4. The van der Waals surface area contributed by atoms with Crippen molar-refractivity contribution in [1.29, 1.82) is 0 Å². The van der Waals surface area contributed by atoms with E-state index < -0.39 is 29.2 Å². The van der Waals surface area contributed by atoms with Crippen molar-refractivity contribution in [1.82, 2.24) is 9.97 Å². The van der Waals surface area contributed by atoms with Crippen LogP contribution in [-0.2, 0) is 6.18 Å². The molecule has 0 saturated carbocycles. The molecule has 2 aromatic rings. The number of nitrogens with one attached hydrogen (secondary N) is 2. The number of nitrogens with zero attached hydrogens (tertiary/aromatic N) is 2. The smallest absolute Gasteiger partial charge is 0.357 e. The second-order valence-corrected chi connectivity index (χ2v) is 3.93. The molecule has 4 nitrogen and oxygen atoms in total. The lowest BCUT2D eigenvalue weighted by Gasteiger charge is -2.12. The Bertz CT molecular complexity index is 636. The summed E-state index contributed by atoms with van der Waals surface area (Å²) in [6.07, 6.45) is -4.71. The van der Waals surface area contributed by atoms with Crippen LogP contribution in [0.2, 0.25) is 0 Å². The second-order valence-electron chi connectivity index (χ2n) is 3.93. The minimum absolute atomic E-state index is 0.330. The Balaban J connectivity index is 2.45. The molecule has 0 radical (unpaired) electrons. The number of aromatic nitrogens is 2. The summed E-state index contributed by atoms with van der Waals surface area (Å²) >= 11 is 0. The maximum absolute atomic E-state index is 13.5. The molecule has 1 aromatic carbocycles. The van der Waals surface area contributed by atoms with Crippen LogP contribution in [0.3, 0.4) is 0 Å². The SMILES string of the molecule is CNc1nc(Nc2c(F)cccc2F)cc(C(F)(F)F)n1. The first-order valence-corrected chi connectivity index (χ1v) is 5.66. The minimum atomic E-state index is -4.71. The van der Waals surface area contributed by atoms with Crippen molar-refractivity contribution in [3.8, 4) is 0 Å². The number of hydrogen-bond donors (Lipinski definition) is 2. The topological polar surface area (TPSA) is 49.8 Å². The van der Waals surface area contributed by atoms with E-state index in [4.69, 9.17) is 0 Å². The average molecular weight is 304 g/mol. The highest BCUT2D eigenvalue weighted by molar-refractivity contribution is 5.59. The van der Waals surface area contributed by atoms with Gasteiger partial charge in [-0.1, -0.05) is 6.07 Å². The molecule has 112 valence electrons. The first-order chi connectivity index (χ1) is 9.81. The zero-order valence-corrected chi connectivity index (χ0v) is 10.6. The summed E-state index contributed by atoms with van der Waals surface area (Å²) in [6.45, 7) is 0. The zero-order chi connectivity index (χ0) is 15.6. The highest BCUT2D eigenvalue weighted by Crippen LogP contribution is 2.31. The van der Waals surface area contributed by atoms with Gasteiger partial charge in [0.2, 0.25) is 5.95 Å². The monoisotopic (exact) mass is 304 g/mol. The Morgan fingerprint density at radius 1 is 1.05 bits per heavy atom. The lowest BCUT2D eigenvalue weighted by molar-refractivity contribution is -0.141. The molecule has 0 atom stereocenters. The van der Waals surface area contributed by atoms with E-state index in [-0.39, 0.29) is 11.8 Å². The van der Waals surface area contributed by atoms with Gasteiger partial charge in [0.15, 0.2) is 5.69 Å². The van der Waals surface area contributed by atoms with Gasteiger partial charge in [0.05, 0.1) is 0 Å². The molecule has 21 heavy (non-hydrogen) atoms. The lowest BCUT2D eigenvalue weighted by atomic mass is 10.3. The quantitative estimate of drug-likeness (QED) is 0.851. The number of rotatable bonds is 3. The Morgan fingerprint density at radius 3 is 2.19 bits per heavy atom.